The van der Waals surface area contributed by atoms with Crippen LogP contribution in [-0.4, -0.2) is 28.2 Å². The van der Waals surface area contributed by atoms with Crippen LogP contribution in [0, 0.1) is 6.92 Å². The van der Waals surface area contributed by atoms with Crippen molar-refractivity contribution in [3.63, 3.8) is 0 Å². The summed E-state index contributed by atoms with van der Waals surface area (Å²) in [6, 6.07) is 16.1. The summed E-state index contributed by atoms with van der Waals surface area (Å²) in [5.41, 5.74) is 0.990. The van der Waals surface area contributed by atoms with Crippen LogP contribution < -0.4 is 16.0 Å². The molecule has 1 N–H and O–H groups in total. The molecule has 144 valence electrons. The van der Waals surface area contributed by atoms with Gasteiger partial charge < -0.3 is 9.72 Å². The molecule has 0 aliphatic heterocycles. The molecule has 0 bridgehead atoms. The first-order chi connectivity index (χ1) is 13.5. The normalized spacial score (nSPS) is 10.6. The van der Waals surface area contributed by atoms with E-state index in [1.807, 2.05) is 30.3 Å². The first-order valence-electron chi connectivity index (χ1n) is 8.67. The van der Waals surface area contributed by atoms with E-state index in [1.165, 1.54) is 4.57 Å². The van der Waals surface area contributed by atoms with Crippen LogP contribution in [0.25, 0.3) is 0 Å². The van der Waals surface area contributed by atoms with Crippen molar-refractivity contribution in [2.45, 2.75) is 18.5 Å². The number of Topliss-reactive ketones (excluding diaryl/α,β-unsaturated/α-hetero) is 1. The van der Waals surface area contributed by atoms with E-state index in [9.17, 15) is 14.4 Å². The lowest BCUT2D eigenvalue weighted by Crippen LogP contribution is -2.37. The molecule has 28 heavy (non-hydrogen) atoms. The van der Waals surface area contributed by atoms with Gasteiger partial charge in [-0.15, -0.1) is 0 Å². The molecule has 3 rings (SSSR count). The topological polar surface area (TPSA) is 81.2 Å². The van der Waals surface area contributed by atoms with Crippen molar-refractivity contribution in [2.75, 3.05) is 12.9 Å². The summed E-state index contributed by atoms with van der Waals surface area (Å²) >= 11 is 1.15. The summed E-state index contributed by atoms with van der Waals surface area (Å²) in [6.45, 7) is 1.85. The van der Waals surface area contributed by atoms with Gasteiger partial charge in [0.15, 0.2) is 5.78 Å². The average molecular weight is 396 g/mol. The Bertz CT molecular complexity index is 1090. The molecule has 0 saturated heterocycles. The van der Waals surface area contributed by atoms with E-state index < -0.39 is 5.69 Å². The number of nitrogens with zero attached hydrogens (tertiary/aromatic N) is 1. The molecule has 0 aliphatic carbocycles. The monoisotopic (exact) mass is 396 g/mol. The molecule has 0 unspecified atom stereocenters. The lowest BCUT2D eigenvalue weighted by Gasteiger charge is -2.10. The molecule has 2 aromatic carbocycles. The molecular formula is C21H20N2O4S. The van der Waals surface area contributed by atoms with E-state index in [1.54, 1.807) is 38.3 Å². The summed E-state index contributed by atoms with van der Waals surface area (Å²) in [4.78, 5) is 40.1. The van der Waals surface area contributed by atoms with Gasteiger partial charge in [0.05, 0.1) is 24.4 Å². The van der Waals surface area contributed by atoms with Crippen molar-refractivity contribution in [3.8, 4) is 5.75 Å². The maximum Gasteiger partial charge on any atom is 0.329 e. The third-order valence-corrected chi connectivity index (χ3v) is 5.42. The van der Waals surface area contributed by atoms with Gasteiger partial charge in [-0.05, 0) is 36.8 Å². The van der Waals surface area contributed by atoms with Gasteiger partial charge in [0.2, 0.25) is 0 Å². The second kappa shape index (κ2) is 8.75. The fourth-order valence-electron chi connectivity index (χ4n) is 2.70. The number of rotatable bonds is 7. The predicted molar refractivity (Wildman–Crippen MR) is 110 cm³/mol. The van der Waals surface area contributed by atoms with Crippen LogP contribution in [0.1, 0.15) is 21.5 Å². The Morgan fingerprint density at radius 2 is 1.75 bits per heavy atom. The molecule has 0 fully saturated rings. The highest BCUT2D eigenvalue weighted by molar-refractivity contribution is 8.00. The van der Waals surface area contributed by atoms with Crippen LogP contribution in [-0.2, 0) is 6.54 Å². The van der Waals surface area contributed by atoms with Crippen molar-refractivity contribution in [1.29, 1.82) is 0 Å². The van der Waals surface area contributed by atoms with E-state index in [2.05, 4.69) is 4.98 Å². The highest BCUT2D eigenvalue weighted by atomic mass is 32.2. The zero-order valence-electron chi connectivity index (χ0n) is 15.6. The molecule has 6 nitrogen and oxygen atoms in total. The van der Waals surface area contributed by atoms with Gasteiger partial charge in [0.1, 0.15) is 5.75 Å². The number of methoxy groups -OCH3 is 1. The number of aromatic nitrogens is 2. The van der Waals surface area contributed by atoms with E-state index in [4.69, 9.17) is 4.74 Å². The van der Waals surface area contributed by atoms with Crippen LogP contribution in [0.2, 0.25) is 0 Å². The molecular weight excluding hydrogens is 376 g/mol. The minimum atomic E-state index is -0.487. The van der Waals surface area contributed by atoms with Crippen LogP contribution in [0.5, 0.6) is 5.75 Å². The fourth-order valence-corrected chi connectivity index (χ4v) is 3.61. The molecule has 0 radical (unpaired) electrons. The number of hydrogen-bond donors (Lipinski definition) is 1. The molecule has 7 heteroatoms. The zero-order chi connectivity index (χ0) is 20.1. The summed E-state index contributed by atoms with van der Waals surface area (Å²) in [7, 11) is 1.56. The van der Waals surface area contributed by atoms with Gasteiger partial charge >= 0.3 is 5.69 Å². The number of H-pyrrole nitrogens is 1. The third-order valence-electron chi connectivity index (χ3n) is 4.32. The highest BCUT2D eigenvalue weighted by Crippen LogP contribution is 2.19. The molecule has 1 aromatic heterocycles. The van der Waals surface area contributed by atoms with Gasteiger partial charge in [-0.2, -0.15) is 0 Å². The Labute approximate surface area is 166 Å². The Kier molecular flexibility index (Phi) is 6.16. The maximum absolute atomic E-state index is 12.6. The zero-order valence-corrected chi connectivity index (χ0v) is 16.4. The second-order valence-electron chi connectivity index (χ2n) is 6.20. The van der Waals surface area contributed by atoms with Crippen LogP contribution in [0.4, 0.5) is 0 Å². The standard InChI is InChI=1S/C21H20N2O4S/c1-14-19(28-13-18(24)16-8-10-17(27-2)11-9-16)22-21(26)23(20(14)25)12-15-6-4-3-5-7-15/h3-11H,12-13H2,1-2H3,(H,22,26). The van der Waals surface area contributed by atoms with Crippen LogP contribution >= 0.6 is 11.8 Å². The molecule has 0 amide bonds. The van der Waals surface area contributed by atoms with Crippen molar-refractivity contribution < 1.29 is 9.53 Å². The predicted octanol–water partition coefficient (Wildman–Crippen LogP) is 2.88. The van der Waals surface area contributed by atoms with E-state index in [0.29, 0.717) is 21.9 Å². The molecule has 3 aromatic rings. The van der Waals surface area contributed by atoms with E-state index in [-0.39, 0.29) is 23.6 Å². The number of carbonyl (C=O) groups excluding carboxylic acids is 1. The number of thioether (sulfide) groups is 1. The lowest BCUT2D eigenvalue weighted by atomic mass is 10.1. The average Bonchev–Trinajstić information content (AvgIpc) is 2.73. The summed E-state index contributed by atoms with van der Waals surface area (Å²) in [5, 5.41) is 0.418. The molecule has 0 aliphatic rings. The van der Waals surface area contributed by atoms with Gasteiger partial charge in [0.25, 0.3) is 5.56 Å². The van der Waals surface area contributed by atoms with Crippen molar-refractivity contribution in [1.82, 2.24) is 9.55 Å². The smallest absolute Gasteiger partial charge is 0.329 e. The van der Waals surface area contributed by atoms with Gasteiger partial charge in [0, 0.05) is 11.1 Å². The Balaban J connectivity index is 1.76. The number of ketones is 1. The number of hydrogen-bond acceptors (Lipinski definition) is 5. The molecule has 1 heterocycles. The Morgan fingerprint density at radius 1 is 1.07 bits per heavy atom. The molecule has 0 saturated carbocycles. The van der Waals surface area contributed by atoms with E-state index in [0.717, 1.165) is 17.3 Å². The highest BCUT2D eigenvalue weighted by Gasteiger charge is 2.14. The summed E-state index contributed by atoms with van der Waals surface area (Å²) in [6.07, 6.45) is 0. The number of nitrogens with one attached hydrogen (secondary N) is 1. The first-order valence-corrected chi connectivity index (χ1v) is 9.66. The lowest BCUT2D eigenvalue weighted by molar-refractivity contribution is 0.102. The summed E-state index contributed by atoms with van der Waals surface area (Å²) in [5.74, 6) is 0.693. The minimum Gasteiger partial charge on any atom is -0.497 e. The first kappa shape index (κ1) is 19.7. The Morgan fingerprint density at radius 3 is 2.39 bits per heavy atom. The van der Waals surface area contributed by atoms with Crippen LogP contribution in [0.15, 0.2) is 69.2 Å². The van der Waals surface area contributed by atoms with Crippen molar-refractivity contribution in [2.24, 2.45) is 0 Å². The maximum atomic E-state index is 12.6. The quantitative estimate of drug-likeness (QED) is 0.377. The molecule has 0 atom stereocenters. The number of aromatic amines is 1. The summed E-state index contributed by atoms with van der Waals surface area (Å²) < 4.78 is 6.25. The van der Waals surface area contributed by atoms with Gasteiger partial charge in [-0.1, -0.05) is 42.1 Å². The second-order valence-corrected chi connectivity index (χ2v) is 7.19. The van der Waals surface area contributed by atoms with Gasteiger partial charge in [-0.25, -0.2) is 4.79 Å². The van der Waals surface area contributed by atoms with Crippen molar-refractivity contribution in [3.05, 3.63) is 92.1 Å². The van der Waals surface area contributed by atoms with E-state index >= 15 is 0 Å². The third kappa shape index (κ3) is 4.43. The largest absolute Gasteiger partial charge is 0.497 e. The van der Waals surface area contributed by atoms with Crippen molar-refractivity contribution >= 4 is 17.5 Å². The number of ether oxygens (including phenoxy) is 1. The van der Waals surface area contributed by atoms with Gasteiger partial charge in [-0.3, -0.25) is 14.2 Å². The fraction of sp³-hybridized carbons (Fsp3) is 0.190. The SMILES string of the molecule is COc1ccc(C(=O)CSc2[nH]c(=O)n(Cc3ccccc3)c(=O)c2C)cc1. The molecule has 0 spiro atoms. The number of benzene rings is 2. The van der Waals surface area contributed by atoms with Crippen LogP contribution in [0.3, 0.4) is 0 Å². The number of carbonyl (C=O) groups is 1. The minimum absolute atomic E-state index is 0.0960. The Hall–Kier alpha value is -3.06.